The molecule has 1 atom stereocenters. The number of benzene rings is 1. The minimum atomic E-state index is -0.457. The minimum Gasteiger partial charge on any atom is -0.466 e. The van der Waals surface area contributed by atoms with Crippen LogP contribution in [0.2, 0.25) is 5.02 Å². The van der Waals surface area contributed by atoms with Crippen LogP contribution in [0.5, 0.6) is 0 Å². The van der Waals surface area contributed by atoms with Gasteiger partial charge in [-0.2, -0.15) is 0 Å². The molecule has 7 heteroatoms. The predicted octanol–water partition coefficient (Wildman–Crippen LogP) is 2.69. The highest BCUT2D eigenvalue weighted by Crippen LogP contribution is 2.23. The van der Waals surface area contributed by atoms with Crippen molar-refractivity contribution >= 4 is 29.2 Å². The molecule has 1 aromatic carbocycles. The molecule has 0 radical (unpaired) electrons. The molecule has 1 fully saturated rings. The Hall–Kier alpha value is -1.66. The van der Waals surface area contributed by atoms with Crippen LogP contribution in [0.1, 0.15) is 19.8 Å². The van der Waals surface area contributed by atoms with Crippen LogP contribution >= 0.6 is 11.6 Å². The highest BCUT2D eigenvalue weighted by Gasteiger charge is 2.27. The summed E-state index contributed by atoms with van der Waals surface area (Å²) in [5, 5.41) is 2.81. The number of halogens is 2. The fourth-order valence-corrected chi connectivity index (χ4v) is 2.85. The summed E-state index contributed by atoms with van der Waals surface area (Å²) in [6.07, 6.45) is 1.62. The SMILES string of the molecule is CCOC(=O)[C@H]1CCCN(CC(=O)Nc2ccc(F)cc2Cl)C1. The van der Waals surface area contributed by atoms with Crippen molar-refractivity contribution in [2.45, 2.75) is 19.8 Å². The van der Waals surface area contributed by atoms with Crippen LogP contribution in [0.4, 0.5) is 10.1 Å². The van der Waals surface area contributed by atoms with E-state index in [1.807, 2.05) is 4.90 Å². The Kier molecular flexibility index (Phi) is 6.36. The standard InChI is InChI=1S/C16H20ClFN2O3/c1-2-23-16(22)11-4-3-7-20(9-11)10-15(21)19-14-6-5-12(18)8-13(14)17/h5-6,8,11H,2-4,7,9-10H2,1H3,(H,19,21)/t11-/m0/s1. The van der Waals surface area contributed by atoms with Crippen LogP contribution in [0.15, 0.2) is 18.2 Å². The minimum absolute atomic E-state index is 0.154. The molecule has 1 N–H and O–H groups in total. The third-order valence-corrected chi connectivity index (χ3v) is 4.01. The molecule has 0 aromatic heterocycles. The molecule has 0 aliphatic carbocycles. The van der Waals surface area contributed by atoms with Gasteiger partial charge in [0.15, 0.2) is 0 Å². The van der Waals surface area contributed by atoms with Crippen LogP contribution in [0, 0.1) is 11.7 Å². The summed E-state index contributed by atoms with van der Waals surface area (Å²) in [6.45, 7) is 3.55. The average Bonchev–Trinajstić information content (AvgIpc) is 2.50. The Bertz CT molecular complexity index is 582. The third-order valence-electron chi connectivity index (χ3n) is 3.70. The lowest BCUT2D eigenvalue weighted by Crippen LogP contribution is -2.43. The second-order valence-corrected chi connectivity index (χ2v) is 5.91. The van der Waals surface area contributed by atoms with E-state index in [2.05, 4.69) is 5.32 Å². The zero-order chi connectivity index (χ0) is 16.8. The number of amides is 1. The second-order valence-electron chi connectivity index (χ2n) is 5.50. The Labute approximate surface area is 139 Å². The quantitative estimate of drug-likeness (QED) is 0.836. The predicted molar refractivity (Wildman–Crippen MR) is 85.8 cm³/mol. The van der Waals surface area contributed by atoms with Gasteiger partial charge in [0.25, 0.3) is 0 Å². The molecule has 126 valence electrons. The van der Waals surface area contributed by atoms with Gasteiger partial charge in [-0.3, -0.25) is 14.5 Å². The number of rotatable bonds is 5. The highest BCUT2D eigenvalue weighted by atomic mass is 35.5. The summed E-state index contributed by atoms with van der Waals surface area (Å²) in [6, 6.07) is 3.81. The summed E-state index contributed by atoms with van der Waals surface area (Å²) in [4.78, 5) is 25.8. The van der Waals surface area contributed by atoms with Gasteiger partial charge in [0.2, 0.25) is 5.91 Å². The molecule has 0 unspecified atom stereocenters. The second kappa shape index (κ2) is 8.26. The largest absolute Gasteiger partial charge is 0.466 e. The van der Waals surface area contributed by atoms with Crippen LogP contribution in [0.25, 0.3) is 0 Å². The number of anilines is 1. The Morgan fingerprint density at radius 1 is 1.48 bits per heavy atom. The van der Waals surface area contributed by atoms with Gasteiger partial charge in [-0.25, -0.2) is 4.39 Å². The number of esters is 1. The van der Waals surface area contributed by atoms with Crippen LogP contribution in [0.3, 0.4) is 0 Å². The van der Waals surface area contributed by atoms with Crippen molar-refractivity contribution in [2.24, 2.45) is 5.92 Å². The molecule has 1 aliphatic rings. The topological polar surface area (TPSA) is 58.6 Å². The van der Waals surface area contributed by atoms with Gasteiger partial charge < -0.3 is 10.1 Å². The fourth-order valence-electron chi connectivity index (χ4n) is 2.64. The molecule has 0 bridgehead atoms. The van der Waals surface area contributed by atoms with Gasteiger partial charge in [-0.1, -0.05) is 11.6 Å². The number of ether oxygens (including phenoxy) is 1. The highest BCUT2D eigenvalue weighted by molar-refractivity contribution is 6.33. The van der Waals surface area contributed by atoms with E-state index in [0.29, 0.717) is 18.8 Å². The molecule has 1 saturated heterocycles. The van der Waals surface area contributed by atoms with Crippen LogP contribution < -0.4 is 5.32 Å². The maximum atomic E-state index is 13.0. The summed E-state index contributed by atoms with van der Waals surface area (Å²) >= 11 is 5.89. The van der Waals surface area contributed by atoms with Crippen LogP contribution in [-0.4, -0.2) is 43.0 Å². The summed E-state index contributed by atoms with van der Waals surface area (Å²) < 4.78 is 18.0. The molecule has 0 saturated carbocycles. The number of likely N-dealkylation sites (tertiary alicyclic amines) is 1. The van der Waals surface area contributed by atoms with Gasteiger partial charge in [0.05, 0.1) is 29.8 Å². The number of nitrogens with one attached hydrogen (secondary N) is 1. The summed E-state index contributed by atoms with van der Waals surface area (Å²) in [5.74, 6) is -1.10. The first-order chi connectivity index (χ1) is 11.0. The molecular weight excluding hydrogens is 323 g/mol. The van der Waals surface area contributed by atoms with E-state index in [4.69, 9.17) is 16.3 Å². The Balaban J connectivity index is 1.88. The number of hydrogen-bond acceptors (Lipinski definition) is 4. The zero-order valence-corrected chi connectivity index (χ0v) is 13.7. The molecule has 1 heterocycles. The van der Waals surface area contributed by atoms with Crippen molar-refractivity contribution < 1.29 is 18.7 Å². The molecular formula is C16H20ClFN2O3. The number of carbonyl (C=O) groups is 2. The van der Waals surface area contributed by atoms with Crippen molar-refractivity contribution in [3.8, 4) is 0 Å². The first-order valence-corrected chi connectivity index (χ1v) is 8.01. The number of nitrogens with zero attached hydrogens (tertiary/aromatic N) is 1. The van der Waals surface area contributed by atoms with Gasteiger partial charge >= 0.3 is 5.97 Å². The molecule has 2 rings (SSSR count). The van der Waals surface area contributed by atoms with Gasteiger partial charge in [-0.05, 0) is 44.5 Å². The summed E-state index contributed by atoms with van der Waals surface area (Å²) in [7, 11) is 0. The molecule has 5 nitrogen and oxygen atoms in total. The van der Waals surface area contributed by atoms with Gasteiger partial charge in [-0.15, -0.1) is 0 Å². The Morgan fingerprint density at radius 2 is 2.26 bits per heavy atom. The molecule has 1 amide bonds. The van der Waals surface area contributed by atoms with Crippen LogP contribution in [-0.2, 0) is 14.3 Å². The molecule has 1 aliphatic heterocycles. The van der Waals surface area contributed by atoms with E-state index in [1.54, 1.807) is 6.92 Å². The van der Waals surface area contributed by atoms with E-state index in [0.717, 1.165) is 25.5 Å². The van der Waals surface area contributed by atoms with Gasteiger partial charge in [0, 0.05) is 6.54 Å². The van der Waals surface area contributed by atoms with E-state index in [9.17, 15) is 14.0 Å². The Morgan fingerprint density at radius 3 is 2.96 bits per heavy atom. The lowest BCUT2D eigenvalue weighted by Gasteiger charge is -2.30. The van der Waals surface area contributed by atoms with Crippen molar-refractivity contribution in [1.82, 2.24) is 4.90 Å². The lowest BCUT2D eigenvalue weighted by atomic mass is 9.98. The smallest absolute Gasteiger partial charge is 0.310 e. The molecule has 1 aromatic rings. The number of piperidine rings is 1. The number of carbonyl (C=O) groups excluding carboxylic acids is 2. The third kappa shape index (κ3) is 5.18. The zero-order valence-electron chi connectivity index (χ0n) is 13.0. The average molecular weight is 343 g/mol. The maximum Gasteiger partial charge on any atom is 0.310 e. The maximum absolute atomic E-state index is 13.0. The van der Waals surface area contributed by atoms with E-state index in [1.165, 1.54) is 12.1 Å². The first kappa shape index (κ1) is 17.7. The number of hydrogen-bond donors (Lipinski definition) is 1. The monoisotopic (exact) mass is 342 g/mol. The molecule has 0 spiro atoms. The van der Waals surface area contributed by atoms with Crippen molar-refractivity contribution in [3.05, 3.63) is 29.0 Å². The van der Waals surface area contributed by atoms with Crippen molar-refractivity contribution in [3.63, 3.8) is 0 Å². The van der Waals surface area contributed by atoms with E-state index >= 15 is 0 Å². The lowest BCUT2D eigenvalue weighted by molar-refractivity contribution is -0.150. The fraction of sp³-hybridized carbons (Fsp3) is 0.500. The summed E-state index contributed by atoms with van der Waals surface area (Å²) in [5.41, 5.74) is 0.372. The first-order valence-electron chi connectivity index (χ1n) is 7.63. The van der Waals surface area contributed by atoms with Gasteiger partial charge in [0.1, 0.15) is 5.82 Å². The molecule has 23 heavy (non-hydrogen) atoms. The van der Waals surface area contributed by atoms with E-state index < -0.39 is 5.82 Å². The van der Waals surface area contributed by atoms with E-state index in [-0.39, 0.29) is 29.4 Å². The normalized spacial score (nSPS) is 18.5. The van der Waals surface area contributed by atoms with Crippen molar-refractivity contribution in [2.75, 3.05) is 31.6 Å². The van der Waals surface area contributed by atoms with Crippen molar-refractivity contribution in [1.29, 1.82) is 0 Å².